The maximum absolute atomic E-state index is 10.8. The molecular weight excluding hydrogens is 138 g/mol. The highest BCUT2D eigenvalue weighted by Crippen LogP contribution is 2.10. The molecule has 0 bridgehead atoms. The summed E-state index contributed by atoms with van der Waals surface area (Å²) in [7, 11) is 0. The second-order valence-electron chi connectivity index (χ2n) is 3.10. The third-order valence-electron chi connectivity index (χ3n) is 1.40. The zero-order valence-electron chi connectivity index (χ0n) is 7.55. The molecule has 0 saturated carbocycles. The molecule has 0 aliphatic rings. The molecule has 2 heteroatoms. The summed E-state index contributed by atoms with van der Waals surface area (Å²) in [6.45, 7) is 6.15. The molecule has 0 aliphatic heterocycles. The molecule has 2 nitrogen and oxygen atoms in total. The highest BCUT2D eigenvalue weighted by molar-refractivity contribution is 5.91. The minimum absolute atomic E-state index is 0.277. The van der Waals surface area contributed by atoms with Gasteiger partial charge in [-0.3, -0.25) is 4.79 Å². The summed E-state index contributed by atoms with van der Waals surface area (Å²) in [6.07, 6.45) is 3.58. The second kappa shape index (κ2) is 4.94. The number of hydrogen-bond donors (Lipinski definition) is 1. The highest BCUT2D eigenvalue weighted by atomic mass is 16.1. The van der Waals surface area contributed by atoms with E-state index in [9.17, 15) is 4.79 Å². The lowest BCUT2D eigenvalue weighted by Gasteiger charge is -2.05. The van der Waals surface area contributed by atoms with Crippen LogP contribution in [-0.2, 0) is 4.79 Å². The highest BCUT2D eigenvalue weighted by Gasteiger charge is 2.05. The number of allylic oxidation sites excluding steroid dienone is 1. The SMILES string of the molecule is CCC=C(CC(C)C)C(N)=O. The summed E-state index contributed by atoms with van der Waals surface area (Å²) >= 11 is 0. The van der Waals surface area contributed by atoms with Crippen LogP contribution in [0.25, 0.3) is 0 Å². The molecule has 1 amide bonds. The molecule has 0 fully saturated rings. The van der Waals surface area contributed by atoms with Crippen molar-refractivity contribution in [1.29, 1.82) is 0 Å². The number of primary amides is 1. The normalized spacial score (nSPS) is 12.2. The molecule has 0 saturated heterocycles. The number of hydrogen-bond acceptors (Lipinski definition) is 1. The zero-order valence-corrected chi connectivity index (χ0v) is 7.55. The minimum atomic E-state index is -0.277. The smallest absolute Gasteiger partial charge is 0.244 e. The van der Waals surface area contributed by atoms with E-state index in [4.69, 9.17) is 5.73 Å². The maximum Gasteiger partial charge on any atom is 0.244 e. The summed E-state index contributed by atoms with van der Waals surface area (Å²) in [5.74, 6) is 0.223. The summed E-state index contributed by atoms with van der Waals surface area (Å²) in [5, 5.41) is 0. The Hall–Kier alpha value is -0.790. The Bertz CT molecular complexity index is 159. The standard InChI is InChI=1S/C9H17NO/c1-4-5-8(9(10)11)6-7(2)3/h5,7H,4,6H2,1-3H3,(H2,10,11). The Morgan fingerprint density at radius 3 is 2.36 bits per heavy atom. The van der Waals surface area contributed by atoms with Crippen LogP contribution in [0.3, 0.4) is 0 Å². The molecule has 64 valence electrons. The predicted octanol–water partition coefficient (Wildman–Crippen LogP) is 1.85. The Morgan fingerprint density at radius 1 is 1.55 bits per heavy atom. The van der Waals surface area contributed by atoms with Crippen LogP contribution in [0, 0.1) is 5.92 Å². The average Bonchev–Trinajstić information content (AvgIpc) is 1.86. The minimum Gasteiger partial charge on any atom is -0.366 e. The zero-order chi connectivity index (χ0) is 8.85. The van der Waals surface area contributed by atoms with Gasteiger partial charge in [-0.1, -0.05) is 26.8 Å². The van der Waals surface area contributed by atoms with Gasteiger partial charge in [0.05, 0.1) is 0 Å². The maximum atomic E-state index is 10.8. The number of carbonyl (C=O) groups is 1. The van der Waals surface area contributed by atoms with Crippen molar-refractivity contribution in [3.8, 4) is 0 Å². The molecule has 0 heterocycles. The van der Waals surface area contributed by atoms with Gasteiger partial charge in [0, 0.05) is 5.57 Å². The van der Waals surface area contributed by atoms with E-state index in [1.54, 1.807) is 0 Å². The quantitative estimate of drug-likeness (QED) is 0.618. The van der Waals surface area contributed by atoms with Crippen LogP contribution < -0.4 is 5.73 Å². The fourth-order valence-electron chi connectivity index (χ4n) is 0.971. The Morgan fingerprint density at radius 2 is 2.09 bits per heavy atom. The van der Waals surface area contributed by atoms with Gasteiger partial charge in [-0.15, -0.1) is 0 Å². The molecule has 0 aliphatic carbocycles. The van der Waals surface area contributed by atoms with E-state index < -0.39 is 0 Å². The van der Waals surface area contributed by atoms with Crippen LogP contribution in [0.1, 0.15) is 33.6 Å². The molecule has 0 aromatic rings. The molecule has 0 spiro atoms. The summed E-state index contributed by atoms with van der Waals surface area (Å²) in [4.78, 5) is 10.8. The van der Waals surface area contributed by atoms with E-state index in [-0.39, 0.29) is 5.91 Å². The van der Waals surface area contributed by atoms with Crippen molar-refractivity contribution in [2.24, 2.45) is 11.7 Å². The van der Waals surface area contributed by atoms with Gasteiger partial charge in [-0.2, -0.15) is 0 Å². The number of nitrogens with two attached hydrogens (primary N) is 1. The van der Waals surface area contributed by atoms with E-state index in [1.165, 1.54) is 0 Å². The first-order valence-corrected chi connectivity index (χ1v) is 4.06. The van der Waals surface area contributed by atoms with Gasteiger partial charge < -0.3 is 5.73 Å². The summed E-state index contributed by atoms with van der Waals surface area (Å²) in [5.41, 5.74) is 5.93. The van der Waals surface area contributed by atoms with Crippen molar-refractivity contribution in [3.63, 3.8) is 0 Å². The molecule has 0 aromatic carbocycles. The fourth-order valence-corrected chi connectivity index (χ4v) is 0.971. The lowest BCUT2D eigenvalue weighted by atomic mass is 10.0. The van der Waals surface area contributed by atoms with Crippen LogP contribution in [0.5, 0.6) is 0 Å². The third-order valence-corrected chi connectivity index (χ3v) is 1.40. The van der Waals surface area contributed by atoms with Gasteiger partial charge in [0.2, 0.25) is 5.91 Å². The largest absolute Gasteiger partial charge is 0.366 e. The fraction of sp³-hybridized carbons (Fsp3) is 0.667. The van der Waals surface area contributed by atoms with E-state index in [1.807, 2.05) is 13.0 Å². The lowest BCUT2D eigenvalue weighted by Crippen LogP contribution is -2.15. The van der Waals surface area contributed by atoms with Crippen molar-refractivity contribution in [2.45, 2.75) is 33.6 Å². The molecular formula is C9H17NO. The van der Waals surface area contributed by atoms with Crippen LogP contribution in [0.15, 0.2) is 11.6 Å². The molecule has 0 atom stereocenters. The van der Waals surface area contributed by atoms with Gasteiger partial charge in [-0.25, -0.2) is 0 Å². The Kier molecular flexibility index (Phi) is 4.59. The Balaban J connectivity index is 4.12. The number of rotatable bonds is 4. The van der Waals surface area contributed by atoms with Crippen molar-refractivity contribution in [2.75, 3.05) is 0 Å². The van der Waals surface area contributed by atoms with Crippen LogP contribution >= 0.6 is 0 Å². The van der Waals surface area contributed by atoms with E-state index in [0.29, 0.717) is 5.92 Å². The van der Waals surface area contributed by atoms with Crippen LogP contribution in [-0.4, -0.2) is 5.91 Å². The molecule has 11 heavy (non-hydrogen) atoms. The predicted molar refractivity (Wildman–Crippen MR) is 47.0 cm³/mol. The van der Waals surface area contributed by atoms with Crippen LogP contribution in [0.2, 0.25) is 0 Å². The monoisotopic (exact) mass is 155 g/mol. The van der Waals surface area contributed by atoms with E-state index >= 15 is 0 Å². The van der Waals surface area contributed by atoms with Gasteiger partial charge in [-0.05, 0) is 18.8 Å². The molecule has 0 rings (SSSR count). The first-order valence-electron chi connectivity index (χ1n) is 4.06. The van der Waals surface area contributed by atoms with Crippen molar-refractivity contribution in [1.82, 2.24) is 0 Å². The first-order chi connectivity index (χ1) is 5.07. The van der Waals surface area contributed by atoms with E-state index in [2.05, 4.69) is 13.8 Å². The number of carbonyl (C=O) groups excluding carboxylic acids is 1. The molecule has 0 radical (unpaired) electrons. The van der Waals surface area contributed by atoms with Crippen LogP contribution in [0.4, 0.5) is 0 Å². The van der Waals surface area contributed by atoms with E-state index in [0.717, 1.165) is 18.4 Å². The van der Waals surface area contributed by atoms with Gasteiger partial charge in [0.15, 0.2) is 0 Å². The topological polar surface area (TPSA) is 43.1 Å². The first kappa shape index (κ1) is 10.2. The van der Waals surface area contributed by atoms with Crippen molar-refractivity contribution in [3.05, 3.63) is 11.6 Å². The van der Waals surface area contributed by atoms with Crippen molar-refractivity contribution < 1.29 is 4.79 Å². The molecule has 0 aromatic heterocycles. The van der Waals surface area contributed by atoms with Crippen molar-refractivity contribution >= 4 is 5.91 Å². The lowest BCUT2D eigenvalue weighted by molar-refractivity contribution is -0.114. The molecule has 0 unspecified atom stereocenters. The summed E-state index contributed by atoms with van der Waals surface area (Å²) < 4.78 is 0. The Labute approximate surface area is 68.5 Å². The third kappa shape index (κ3) is 4.59. The number of amides is 1. The molecule has 2 N–H and O–H groups in total. The van der Waals surface area contributed by atoms with Gasteiger partial charge >= 0.3 is 0 Å². The van der Waals surface area contributed by atoms with Gasteiger partial charge in [0.1, 0.15) is 0 Å². The average molecular weight is 155 g/mol. The van der Waals surface area contributed by atoms with Gasteiger partial charge in [0.25, 0.3) is 0 Å². The summed E-state index contributed by atoms with van der Waals surface area (Å²) in [6, 6.07) is 0. The second-order valence-corrected chi connectivity index (χ2v) is 3.10.